The molecule has 0 aliphatic heterocycles. The van der Waals surface area contributed by atoms with Crippen molar-refractivity contribution in [3.05, 3.63) is 46.5 Å². The van der Waals surface area contributed by atoms with Crippen LogP contribution < -0.4 is 5.32 Å². The molecule has 0 amide bonds. The second kappa shape index (κ2) is 6.36. The van der Waals surface area contributed by atoms with Gasteiger partial charge in [-0.3, -0.25) is 0 Å². The number of rotatable bonds is 5. The first kappa shape index (κ1) is 12.8. The first-order valence-electron chi connectivity index (χ1n) is 6.39. The molecule has 1 N–H and O–H groups in total. The van der Waals surface area contributed by atoms with Gasteiger partial charge in [0, 0.05) is 10.5 Å². The molecule has 0 spiro atoms. The number of allylic oxidation sites excluding steroid dienone is 1. The summed E-state index contributed by atoms with van der Waals surface area (Å²) in [4.78, 5) is 0. The monoisotopic (exact) mass is 293 g/mol. The van der Waals surface area contributed by atoms with E-state index in [1.165, 1.54) is 22.9 Å². The number of nitrogens with one attached hydrogen (secondary N) is 1. The van der Waals surface area contributed by atoms with Crippen molar-refractivity contribution >= 4 is 15.9 Å². The summed E-state index contributed by atoms with van der Waals surface area (Å²) >= 11 is 3.53. The van der Waals surface area contributed by atoms with Crippen molar-refractivity contribution in [1.82, 2.24) is 5.32 Å². The van der Waals surface area contributed by atoms with E-state index in [1.807, 2.05) is 0 Å². The van der Waals surface area contributed by atoms with Crippen LogP contribution in [-0.2, 0) is 0 Å². The lowest BCUT2D eigenvalue weighted by Crippen LogP contribution is -2.40. The van der Waals surface area contributed by atoms with Gasteiger partial charge in [0.1, 0.15) is 0 Å². The van der Waals surface area contributed by atoms with E-state index in [2.05, 4.69) is 64.6 Å². The van der Waals surface area contributed by atoms with Gasteiger partial charge < -0.3 is 5.32 Å². The minimum Gasteiger partial charge on any atom is -0.314 e. The standard InChI is InChI=1S/C15H20BrN/c1-2-3-4-8-17-15-10-13(11-15)12-6-5-7-14(16)9-12/h2-3,5-7,9,13,15,17H,4,8,10-11H2,1H3/b3-2+. The smallest absolute Gasteiger partial charge is 0.0178 e. The minimum absolute atomic E-state index is 0.726. The van der Waals surface area contributed by atoms with Gasteiger partial charge in [-0.05, 0) is 56.3 Å². The normalized spacial score (nSPS) is 23.9. The van der Waals surface area contributed by atoms with E-state index in [4.69, 9.17) is 0 Å². The molecule has 1 aliphatic rings. The zero-order valence-electron chi connectivity index (χ0n) is 10.3. The van der Waals surface area contributed by atoms with Gasteiger partial charge in [0.25, 0.3) is 0 Å². The third-order valence-corrected chi connectivity index (χ3v) is 3.93. The Labute approximate surface area is 112 Å². The Kier molecular flexibility index (Phi) is 4.81. The summed E-state index contributed by atoms with van der Waals surface area (Å²) in [5, 5.41) is 3.61. The lowest BCUT2D eigenvalue weighted by atomic mass is 9.76. The Morgan fingerprint density at radius 2 is 2.24 bits per heavy atom. The molecule has 1 aliphatic carbocycles. The summed E-state index contributed by atoms with van der Waals surface area (Å²) in [5.41, 5.74) is 1.48. The van der Waals surface area contributed by atoms with E-state index in [9.17, 15) is 0 Å². The molecule has 0 atom stereocenters. The number of benzene rings is 1. The zero-order valence-corrected chi connectivity index (χ0v) is 11.9. The summed E-state index contributed by atoms with van der Waals surface area (Å²) in [6, 6.07) is 9.44. The molecule has 0 bridgehead atoms. The van der Waals surface area contributed by atoms with Gasteiger partial charge in [-0.2, -0.15) is 0 Å². The van der Waals surface area contributed by atoms with Gasteiger partial charge in [-0.15, -0.1) is 0 Å². The van der Waals surface area contributed by atoms with Crippen molar-refractivity contribution in [1.29, 1.82) is 0 Å². The van der Waals surface area contributed by atoms with Gasteiger partial charge in [0.15, 0.2) is 0 Å². The fourth-order valence-electron chi connectivity index (χ4n) is 2.35. The highest BCUT2D eigenvalue weighted by molar-refractivity contribution is 9.10. The Morgan fingerprint density at radius 1 is 1.41 bits per heavy atom. The Balaban J connectivity index is 1.72. The molecule has 0 saturated heterocycles. The van der Waals surface area contributed by atoms with E-state index in [0.717, 1.165) is 24.9 Å². The van der Waals surface area contributed by atoms with Crippen LogP contribution in [0.2, 0.25) is 0 Å². The molecule has 1 nitrogen and oxygen atoms in total. The molecule has 17 heavy (non-hydrogen) atoms. The van der Waals surface area contributed by atoms with Crippen molar-refractivity contribution in [3.8, 4) is 0 Å². The SMILES string of the molecule is C/C=C/CCNC1CC(c2cccc(Br)c2)C1. The predicted octanol–water partition coefficient (Wildman–Crippen LogP) is 4.25. The van der Waals surface area contributed by atoms with Crippen molar-refractivity contribution in [2.45, 2.75) is 38.1 Å². The Hall–Kier alpha value is -0.600. The van der Waals surface area contributed by atoms with E-state index in [0.29, 0.717) is 0 Å². The first-order chi connectivity index (χ1) is 8.29. The van der Waals surface area contributed by atoms with Crippen LogP contribution in [0.3, 0.4) is 0 Å². The maximum absolute atomic E-state index is 3.61. The maximum atomic E-state index is 3.61. The van der Waals surface area contributed by atoms with Crippen molar-refractivity contribution in [2.24, 2.45) is 0 Å². The summed E-state index contributed by atoms with van der Waals surface area (Å²) < 4.78 is 1.19. The highest BCUT2D eigenvalue weighted by atomic mass is 79.9. The van der Waals surface area contributed by atoms with Crippen molar-refractivity contribution in [2.75, 3.05) is 6.54 Å². The van der Waals surface area contributed by atoms with Crippen LogP contribution in [0.25, 0.3) is 0 Å². The largest absolute Gasteiger partial charge is 0.314 e. The molecular weight excluding hydrogens is 274 g/mol. The minimum atomic E-state index is 0.726. The molecule has 1 aromatic carbocycles. The average molecular weight is 294 g/mol. The van der Waals surface area contributed by atoms with Crippen LogP contribution in [0.1, 0.15) is 37.7 Å². The fraction of sp³-hybridized carbons (Fsp3) is 0.467. The molecule has 2 rings (SSSR count). The topological polar surface area (TPSA) is 12.0 Å². The third kappa shape index (κ3) is 3.68. The molecule has 92 valence electrons. The predicted molar refractivity (Wildman–Crippen MR) is 77.3 cm³/mol. The Morgan fingerprint density at radius 3 is 2.94 bits per heavy atom. The highest BCUT2D eigenvalue weighted by Crippen LogP contribution is 2.37. The van der Waals surface area contributed by atoms with Crippen LogP contribution in [0.15, 0.2) is 40.9 Å². The van der Waals surface area contributed by atoms with E-state index in [-0.39, 0.29) is 0 Å². The zero-order chi connectivity index (χ0) is 12.1. The van der Waals surface area contributed by atoms with Gasteiger partial charge in [-0.25, -0.2) is 0 Å². The van der Waals surface area contributed by atoms with E-state index in [1.54, 1.807) is 0 Å². The number of hydrogen-bond donors (Lipinski definition) is 1. The maximum Gasteiger partial charge on any atom is 0.0178 e. The molecule has 0 radical (unpaired) electrons. The molecule has 2 heteroatoms. The van der Waals surface area contributed by atoms with Gasteiger partial charge in [0.05, 0.1) is 0 Å². The van der Waals surface area contributed by atoms with Gasteiger partial charge in [0.2, 0.25) is 0 Å². The van der Waals surface area contributed by atoms with Crippen LogP contribution >= 0.6 is 15.9 Å². The Bertz CT molecular complexity index is 380. The second-order valence-corrected chi connectivity index (χ2v) is 5.65. The quantitative estimate of drug-likeness (QED) is 0.632. The molecule has 1 saturated carbocycles. The lowest BCUT2D eigenvalue weighted by Gasteiger charge is -2.36. The summed E-state index contributed by atoms with van der Waals surface area (Å²) in [7, 11) is 0. The third-order valence-electron chi connectivity index (χ3n) is 3.44. The van der Waals surface area contributed by atoms with Gasteiger partial charge in [-0.1, -0.05) is 40.2 Å². The van der Waals surface area contributed by atoms with Crippen LogP contribution in [0, 0.1) is 0 Å². The van der Waals surface area contributed by atoms with Crippen LogP contribution in [0.5, 0.6) is 0 Å². The first-order valence-corrected chi connectivity index (χ1v) is 7.19. The number of hydrogen-bond acceptors (Lipinski definition) is 1. The second-order valence-electron chi connectivity index (χ2n) is 4.73. The molecule has 1 fully saturated rings. The molecular formula is C15H20BrN. The fourth-order valence-corrected chi connectivity index (χ4v) is 2.77. The van der Waals surface area contributed by atoms with Crippen molar-refractivity contribution in [3.63, 3.8) is 0 Å². The summed E-state index contributed by atoms with van der Waals surface area (Å²) in [6.07, 6.45) is 8.05. The molecule has 0 heterocycles. The molecule has 0 aromatic heterocycles. The van der Waals surface area contributed by atoms with E-state index < -0.39 is 0 Å². The lowest BCUT2D eigenvalue weighted by molar-refractivity contribution is 0.293. The average Bonchev–Trinajstić information content (AvgIpc) is 2.26. The molecule has 1 aromatic rings. The van der Waals surface area contributed by atoms with Gasteiger partial charge >= 0.3 is 0 Å². The van der Waals surface area contributed by atoms with Crippen LogP contribution in [-0.4, -0.2) is 12.6 Å². The summed E-state index contributed by atoms with van der Waals surface area (Å²) in [6.45, 7) is 3.19. The van der Waals surface area contributed by atoms with Crippen molar-refractivity contribution < 1.29 is 0 Å². The van der Waals surface area contributed by atoms with E-state index >= 15 is 0 Å². The molecule has 0 unspecified atom stereocenters. The highest BCUT2D eigenvalue weighted by Gasteiger charge is 2.29. The number of halogens is 1. The van der Waals surface area contributed by atoms with Crippen LogP contribution in [0.4, 0.5) is 0 Å². The summed E-state index contributed by atoms with van der Waals surface area (Å²) in [5.74, 6) is 0.756.